The number of piperazine rings is 1. The van der Waals surface area contributed by atoms with E-state index < -0.39 is 18.1 Å². The number of para-hydroxylation sites is 1. The summed E-state index contributed by atoms with van der Waals surface area (Å²) in [5.74, 6) is -0.317. The summed E-state index contributed by atoms with van der Waals surface area (Å²) in [5, 5.41) is 27.3. The largest absolute Gasteiger partial charge is 0.388 e. The number of aromatic nitrogens is 2. The Morgan fingerprint density at radius 2 is 1.61 bits per heavy atom. The number of carbonyl (C=O) groups excluding carboxylic acids is 6. The highest BCUT2D eigenvalue weighted by Gasteiger charge is 2.24. The molecule has 22 heteroatoms. The smallest absolute Gasteiger partial charge is 0.317 e. The van der Waals surface area contributed by atoms with Crippen LogP contribution in [0.15, 0.2) is 72.9 Å². The number of halogens is 1. The van der Waals surface area contributed by atoms with Crippen LogP contribution in [0, 0.1) is 0 Å². The summed E-state index contributed by atoms with van der Waals surface area (Å²) in [4.78, 5) is 87.2. The summed E-state index contributed by atoms with van der Waals surface area (Å²) in [6.45, 7) is 5.56. The number of aliphatic hydroxyl groups excluding tert-OH is 1. The molecular weight excluding hydrogens is 926 g/mol. The van der Waals surface area contributed by atoms with Crippen molar-refractivity contribution in [3.05, 3.63) is 94.6 Å². The molecule has 7 N–H and O–H groups in total. The zero-order valence-electron chi connectivity index (χ0n) is 39.6. The van der Waals surface area contributed by atoms with Crippen LogP contribution in [0.3, 0.4) is 0 Å². The van der Waals surface area contributed by atoms with Crippen LogP contribution < -0.4 is 36.8 Å². The number of carbonyl (C=O) groups is 6. The molecule has 0 saturated carbocycles. The summed E-state index contributed by atoms with van der Waals surface area (Å²) in [5.41, 5.74) is 4.27. The van der Waals surface area contributed by atoms with Crippen LogP contribution in [0.2, 0.25) is 5.02 Å². The molecule has 5 rings (SSSR count). The number of aliphatic hydroxyl groups is 1. The Labute approximate surface area is 412 Å². The van der Waals surface area contributed by atoms with E-state index in [9.17, 15) is 33.9 Å². The third-order valence-electron chi connectivity index (χ3n) is 11.0. The van der Waals surface area contributed by atoms with Crippen LogP contribution in [-0.2, 0) is 35.1 Å². The third-order valence-corrected chi connectivity index (χ3v) is 11.3. The number of rotatable bonds is 28. The Morgan fingerprint density at radius 3 is 2.33 bits per heavy atom. The molecule has 1 aliphatic heterocycles. The van der Waals surface area contributed by atoms with Crippen LogP contribution in [0.25, 0.3) is 0 Å². The molecule has 3 aromatic carbocycles. The second-order valence-electron chi connectivity index (χ2n) is 16.1. The predicted molar refractivity (Wildman–Crippen MR) is 265 cm³/mol. The van der Waals surface area contributed by atoms with E-state index in [1.165, 1.54) is 6.20 Å². The minimum absolute atomic E-state index is 0.0165. The molecule has 0 bridgehead atoms. The standard InChI is InChI=1S/C48H62ClN11O10/c1-4-7-42(46(66)53-32-62)58(3)28-34-26-36(11-10-33(34)29-61)54-43(64)16-22-68-24-25-70-31-38(63)30-69-23-17-51-48(67)60-20-18-59(19-21-60)37-14-12-35(13-15-37)55-47-52-27-40(49)44(57-47)56-41-9-6-5-8-39(41)45(65)50-2/h5-6,8-15,26-27,29,32,38,42,63H,4,7,16-25,28,30-31H2,1-3H3,(H,50,65)(H,51,67)(H,54,64)(H,53,62,66)(H2,52,55,56,57). The number of benzene rings is 3. The van der Waals surface area contributed by atoms with Gasteiger partial charge in [0.1, 0.15) is 17.4 Å². The summed E-state index contributed by atoms with van der Waals surface area (Å²) < 4.78 is 16.5. The second-order valence-corrected chi connectivity index (χ2v) is 16.5. The number of hydrogen-bond donors (Lipinski definition) is 7. The molecule has 70 heavy (non-hydrogen) atoms. The van der Waals surface area contributed by atoms with E-state index in [0.29, 0.717) is 91.5 Å². The molecule has 2 unspecified atom stereocenters. The highest BCUT2D eigenvalue weighted by atomic mass is 35.5. The average molecular weight is 989 g/mol. The Kier molecular flexibility index (Phi) is 22.2. The second kappa shape index (κ2) is 28.7. The number of imide groups is 1. The van der Waals surface area contributed by atoms with Crippen molar-refractivity contribution >= 4 is 82.6 Å². The first-order valence-electron chi connectivity index (χ1n) is 22.9. The van der Waals surface area contributed by atoms with Gasteiger partial charge in [-0.25, -0.2) is 9.78 Å². The van der Waals surface area contributed by atoms with Gasteiger partial charge in [0.2, 0.25) is 24.2 Å². The Bertz CT molecular complexity index is 2350. The summed E-state index contributed by atoms with van der Waals surface area (Å²) in [6, 6.07) is 19.0. The summed E-state index contributed by atoms with van der Waals surface area (Å²) >= 11 is 6.38. The Balaban J connectivity index is 0.900. The van der Waals surface area contributed by atoms with Gasteiger partial charge in [0, 0.05) is 68.9 Å². The molecule has 6 amide bonds. The number of ether oxygens (including phenoxy) is 3. The number of nitrogens with one attached hydrogen (secondary N) is 6. The fraction of sp³-hybridized carbons (Fsp3) is 0.417. The van der Waals surface area contributed by atoms with Crippen LogP contribution in [0.4, 0.5) is 39.3 Å². The molecule has 376 valence electrons. The number of aldehydes is 1. The molecule has 2 heterocycles. The molecule has 1 saturated heterocycles. The summed E-state index contributed by atoms with van der Waals surface area (Å²) in [6.07, 6.45) is 2.95. The number of anilines is 6. The number of nitrogens with zero attached hydrogens (tertiary/aromatic N) is 5. The van der Waals surface area contributed by atoms with Gasteiger partial charge >= 0.3 is 6.03 Å². The number of amides is 6. The topological polar surface area (TPSA) is 258 Å². The maximum absolute atomic E-state index is 12.8. The van der Waals surface area contributed by atoms with Gasteiger partial charge in [-0.3, -0.25) is 34.2 Å². The lowest BCUT2D eigenvalue weighted by Gasteiger charge is -2.36. The van der Waals surface area contributed by atoms with Crippen molar-refractivity contribution in [2.24, 2.45) is 0 Å². The fourth-order valence-electron chi connectivity index (χ4n) is 7.35. The quantitative estimate of drug-likeness (QED) is 0.0314. The van der Waals surface area contributed by atoms with Crippen molar-refractivity contribution in [1.29, 1.82) is 0 Å². The molecule has 0 spiro atoms. The van der Waals surface area contributed by atoms with Gasteiger partial charge in [0.05, 0.1) is 69.6 Å². The number of urea groups is 1. The highest BCUT2D eigenvalue weighted by molar-refractivity contribution is 6.33. The first kappa shape index (κ1) is 54.2. The molecule has 2 atom stereocenters. The van der Waals surface area contributed by atoms with E-state index >= 15 is 0 Å². The van der Waals surface area contributed by atoms with Crippen molar-refractivity contribution in [2.75, 3.05) is 107 Å². The van der Waals surface area contributed by atoms with E-state index in [2.05, 4.69) is 46.8 Å². The molecular formula is C48H62ClN11O10. The Morgan fingerprint density at radius 1 is 0.900 bits per heavy atom. The van der Waals surface area contributed by atoms with E-state index in [0.717, 1.165) is 11.4 Å². The van der Waals surface area contributed by atoms with Crippen LogP contribution in [0.1, 0.15) is 52.5 Å². The third kappa shape index (κ3) is 17.0. The first-order chi connectivity index (χ1) is 33.9. The molecule has 1 aliphatic rings. The van der Waals surface area contributed by atoms with Gasteiger partial charge in [-0.2, -0.15) is 4.98 Å². The van der Waals surface area contributed by atoms with E-state index in [4.69, 9.17) is 25.8 Å². The summed E-state index contributed by atoms with van der Waals surface area (Å²) in [7, 11) is 3.29. The maximum atomic E-state index is 12.8. The zero-order valence-corrected chi connectivity index (χ0v) is 40.3. The number of likely N-dealkylation sites (N-methyl/N-ethyl adjacent to an activating group) is 1. The molecule has 21 nitrogen and oxygen atoms in total. The van der Waals surface area contributed by atoms with Gasteiger partial charge in [0.25, 0.3) is 5.91 Å². The lowest BCUT2D eigenvalue weighted by Crippen LogP contribution is -2.52. The normalized spacial score (nSPS) is 13.2. The molecule has 0 radical (unpaired) electrons. The van der Waals surface area contributed by atoms with Crippen LogP contribution >= 0.6 is 11.6 Å². The Hall–Kier alpha value is -6.75. The van der Waals surface area contributed by atoms with Gasteiger partial charge < -0.3 is 55.7 Å². The monoisotopic (exact) mass is 987 g/mol. The SMILES string of the molecule is CCCC(C(=O)NC=O)N(C)Cc1cc(NC(=O)CCOCCOCC(O)COCCNC(=O)N2CCN(c3ccc(Nc4ncc(Cl)c(Nc5ccccc5C(=O)NC)n4)cc3)CC2)ccc1C=O. The maximum Gasteiger partial charge on any atom is 0.317 e. The van der Waals surface area contributed by atoms with E-state index in [1.54, 1.807) is 66.4 Å². The highest BCUT2D eigenvalue weighted by Crippen LogP contribution is 2.28. The fourth-order valence-corrected chi connectivity index (χ4v) is 7.49. The minimum atomic E-state index is -0.882. The lowest BCUT2D eigenvalue weighted by atomic mass is 10.0. The molecule has 0 aliphatic carbocycles. The van der Waals surface area contributed by atoms with Crippen molar-refractivity contribution in [2.45, 2.75) is 44.9 Å². The van der Waals surface area contributed by atoms with Crippen molar-refractivity contribution in [1.82, 2.24) is 35.7 Å². The molecule has 1 fully saturated rings. The first-order valence-corrected chi connectivity index (χ1v) is 23.3. The molecule has 4 aromatic rings. The van der Waals surface area contributed by atoms with Crippen molar-refractivity contribution in [3.8, 4) is 0 Å². The lowest BCUT2D eigenvalue weighted by molar-refractivity contribution is -0.129. The van der Waals surface area contributed by atoms with Gasteiger partial charge in [-0.05, 0) is 73.6 Å². The van der Waals surface area contributed by atoms with Crippen molar-refractivity contribution < 1.29 is 48.1 Å². The van der Waals surface area contributed by atoms with Crippen LogP contribution in [0.5, 0.6) is 0 Å². The number of hydrogen-bond acceptors (Lipinski definition) is 16. The van der Waals surface area contributed by atoms with Gasteiger partial charge in [-0.15, -0.1) is 0 Å². The van der Waals surface area contributed by atoms with E-state index in [-0.39, 0.29) is 82.0 Å². The van der Waals surface area contributed by atoms with Gasteiger partial charge in [-0.1, -0.05) is 37.1 Å². The van der Waals surface area contributed by atoms with Crippen LogP contribution in [-0.4, -0.2) is 160 Å². The zero-order chi connectivity index (χ0) is 50.3. The van der Waals surface area contributed by atoms with E-state index in [1.807, 2.05) is 31.2 Å². The average Bonchev–Trinajstić information content (AvgIpc) is 3.36. The molecule has 1 aromatic heterocycles. The predicted octanol–water partition coefficient (Wildman–Crippen LogP) is 3.93. The minimum Gasteiger partial charge on any atom is -0.388 e. The van der Waals surface area contributed by atoms with Gasteiger partial charge in [0.15, 0.2) is 5.82 Å². The van der Waals surface area contributed by atoms with Crippen molar-refractivity contribution in [3.63, 3.8) is 0 Å².